The van der Waals surface area contributed by atoms with E-state index in [1.807, 2.05) is 34.9 Å². The fourth-order valence-electron chi connectivity index (χ4n) is 7.75. The molecule has 11 nitrogen and oxygen atoms in total. The van der Waals surface area contributed by atoms with Crippen molar-refractivity contribution in [1.82, 2.24) is 25.0 Å². The Hall–Kier alpha value is -4.80. The molecule has 3 aliphatic heterocycles. The van der Waals surface area contributed by atoms with Crippen LogP contribution in [0.15, 0.2) is 69.9 Å². The van der Waals surface area contributed by atoms with Crippen molar-refractivity contribution in [3.05, 3.63) is 83.8 Å². The minimum absolute atomic E-state index is 0.00932. The molecule has 0 saturated carbocycles. The average molecular weight is 612 g/mol. The number of aromatic amines is 1. The number of benzene rings is 1. The number of fused-ring (bicyclic) bond motifs is 5. The third-order valence-electron chi connectivity index (χ3n) is 9.94. The van der Waals surface area contributed by atoms with Gasteiger partial charge in [-0.05, 0) is 55.2 Å². The molecule has 1 aromatic carbocycles. The molecule has 1 unspecified atom stereocenters. The number of nitrogens with one attached hydrogen (secondary N) is 2. The monoisotopic (exact) mass is 611 g/mol. The zero-order valence-electron chi connectivity index (χ0n) is 25.3. The number of amides is 4. The lowest BCUT2D eigenvalue weighted by Gasteiger charge is -2.56. The normalized spacial score (nSPS) is 23.1. The zero-order chi connectivity index (χ0) is 31.1. The van der Waals surface area contributed by atoms with Crippen LogP contribution < -0.4 is 5.32 Å². The SMILES string of the molecule is CC[C@]12c3[nH]c4ccccc4c3CCN1C(=O)C(CC(=O)NCc1ccco1)C[C@@H]2C(=O)N1CCN(C(=O)c2ccco2)CC1. The summed E-state index contributed by atoms with van der Waals surface area (Å²) in [5, 5.41) is 3.98. The summed E-state index contributed by atoms with van der Waals surface area (Å²) in [5.41, 5.74) is 2.19. The second-order valence-corrected chi connectivity index (χ2v) is 12.2. The largest absolute Gasteiger partial charge is 0.467 e. The Bertz CT molecular complexity index is 1720. The molecule has 234 valence electrons. The first-order valence-electron chi connectivity index (χ1n) is 15.7. The highest BCUT2D eigenvalue weighted by atomic mass is 16.3. The van der Waals surface area contributed by atoms with Crippen LogP contribution in [-0.4, -0.2) is 76.0 Å². The third-order valence-corrected chi connectivity index (χ3v) is 9.94. The van der Waals surface area contributed by atoms with Gasteiger partial charge < -0.3 is 33.8 Å². The van der Waals surface area contributed by atoms with E-state index in [4.69, 9.17) is 8.83 Å². The first kappa shape index (κ1) is 28.9. The summed E-state index contributed by atoms with van der Waals surface area (Å²) in [7, 11) is 0. The van der Waals surface area contributed by atoms with Crippen LogP contribution in [0.1, 0.15) is 53.8 Å². The lowest BCUT2D eigenvalue weighted by Crippen LogP contribution is -2.66. The Morgan fingerprint density at radius 1 is 0.956 bits per heavy atom. The summed E-state index contributed by atoms with van der Waals surface area (Å²) in [6.07, 6.45) is 4.49. The van der Waals surface area contributed by atoms with E-state index in [1.165, 1.54) is 6.26 Å². The molecule has 6 heterocycles. The van der Waals surface area contributed by atoms with Gasteiger partial charge in [-0.3, -0.25) is 19.2 Å². The topological polar surface area (TPSA) is 132 Å². The summed E-state index contributed by atoms with van der Waals surface area (Å²) >= 11 is 0. The second kappa shape index (κ2) is 11.6. The molecule has 0 spiro atoms. The predicted molar refractivity (Wildman–Crippen MR) is 164 cm³/mol. The Balaban J connectivity index is 1.19. The maximum absolute atomic E-state index is 14.7. The number of rotatable bonds is 7. The van der Waals surface area contributed by atoms with Crippen LogP contribution in [0.2, 0.25) is 0 Å². The number of piperidine rings is 1. The van der Waals surface area contributed by atoms with Crippen LogP contribution in [0.25, 0.3) is 10.9 Å². The van der Waals surface area contributed by atoms with Crippen molar-refractivity contribution in [2.45, 2.75) is 44.7 Å². The van der Waals surface area contributed by atoms with Gasteiger partial charge in [-0.1, -0.05) is 25.1 Å². The van der Waals surface area contributed by atoms with Gasteiger partial charge in [-0.15, -0.1) is 0 Å². The van der Waals surface area contributed by atoms with E-state index in [0.29, 0.717) is 51.3 Å². The first-order chi connectivity index (χ1) is 21.9. The molecule has 3 aromatic heterocycles. The Morgan fingerprint density at radius 2 is 1.71 bits per heavy atom. The Morgan fingerprint density at radius 3 is 2.44 bits per heavy atom. The number of carbonyl (C=O) groups excluding carboxylic acids is 4. The number of hydrogen-bond acceptors (Lipinski definition) is 6. The number of nitrogens with zero attached hydrogens (tertiary/aromatic N) is 3. The standard InChI is InChI=1S/C34H37N5O6/c1-2-34-26(32(42)37-13-15-38(16-14-37)33(43)28-10-6-18-45-28)19-22(20-29(40)35-21-23-7-5-17-44-23)31(41)39(34)12-11-25-24-8-3-4-9-27(24)36-30(25)34/h3-10,17-18,22,26,36H,2,11-16,19-21H2,1H3,(H,35,40)/t22?,26-,34+/m1/s1. The van der Waals surface area contributed by atoms with Crippen molar-refractivity contribution in [3.8, 4) is 0 Å². The van der Waals surface area contributed by atoms with E-state index in [2.05, 4.69) is 16.4 Å². The molecule has 45 heavy (non-hydrogen) atoms. The van der Waals surface area contributed by atoms with Crippen LogP contribution in [0, 0.1) is 11.8 Å². The van der Waals surface area contributed by atoms with Crippen molar-refractivity contribution in [3.63, 3.8) is 0 Å². The Kier molecular flexibility index (Phi) is 7.47. The van der Waals surface area contributed by atoms with Gasteiger partial charge in [-0.25, -0.2) is 0 Å². The van der Waals surface area contributed by atoms with Crippen LogP contribution in [0.5, 0.6) is 0 Å². The van der Waals surface area contributed by atoms with Gasteiger partial charge in [0.05, 0.1) is 30.5 Å². The molecule has 7 rings (SSSR count). The molecule has 11 heteroatoms. The molecule has 2 N–H and O–H groups in total. The molecule has 4 amide bonds. The second-order valence-electron chi connectivity index (χ2n) is 12.2. The molecule has 0 aliphatic carbocycles. The van der Waals surface area contributed by atoms with Gasteiger partial charge in [0.2, 0.25) is 17.7 Å². The van der Waals surface area contributed by atoms with Crippen LogP contribution >= 0.6 is 0 Å². The zero-order valence-corrected chi connectivity index (χ0v) is 25.3. The number of aromatic nitrogens is 1. The van der Waals surface area contributed by atoms with Gasteiger partial charge in [0.25, 0.3) is 5.91 Å². The van der Waals surface area contributed by atoms with Crippen molar-refractivity contribution in [1.29, 1.82) is 0 Å². The highest BCUT2D eigenvalue weighted by molar-refractivity contribution is 5.94. The van der Waals surface area contributed by atoms with Crippen molar-refractivity contribution in [2.24, 2.45) is 11.8 Å². The third kappa shape index (κ3) is 4.90. The minimum atomic E-state index is -0.872. The molecule has 2 saturated heterocycles. The van der Waals surface area contributed by atoms with E-state index < -0.39 is 17.4 Å². The Labute approximate surface area is 260 Å². The van der Waals surface area contributed by atoms with E-state index in [1.54, 1.807) is 35.4 Å². The summed E-state index contributed by atoms with van der Waals surface area (Å²) in [6, 6.07) is 15.0. The number of furan rings is 2. The maximum Gasteiger partial charge on any atom is 0.289 e. The highest BCUT2D eigenvalue weighted by Crippen LogP contribution is 2.52. The number of piperazine rings is 1. The molecule has 3 atom stereocenters. The number of para-hydroxylation sites is 1. The molecule has 0 bridgehead atoms. The summed E-state index contributed by atoms with van der Waals surface area (Å²) in [5.74, 6) is -0.883. The van der Waals surface area contributed by atoms with E-state index in [9.17, 15) is 19.2 Å². The van der Waals surface area contributed by atoms with Crippen molar-refractivity contribution in [2.75, 3.05) is 32.7 Å². The van der Waals surface area contributed by atoms with Gasteiger partial charge in [0, 0.05) is 61.7 Å². The van der Waals surface area contributed by atoms with E-state index in [-0.39, 0.29) is 48.8 Å². The minimum Gasteiger partial charge on any atom is -0.467 e. The lowest BCUT2D eigenvalue weighted by atomic mass is 9.65. The van der Waals surface area contributed by atoms with E-state index in [0.717, 1.165) is 22.2 Å². The summed E-state index contributed by atoms with van der Waals surface area (Å²) in [6.45, 7) is 4.27. The lowest BCUT2D eigenvalue weighted by molar-refractivity contribution is -0.167. The average Bonchev–Trinajstić information content (AvgIpc) is 3.86. The fraction of sp³-hybridized carbons (Fsp3) is 0.412. The molecule has 0 radical (unpaired) electrons. The smallest absolute Gasteiger partial charge is 0.289 e. The number of H-pyrrole nitrogens is 1. The van der Waals surface area contributed by atoms with Gasteiger partial charge in [-0.2, -0.15) is 0 Å². The summed E-state index contributed by atoms with van der Waals surface area (Å²) < 4.78 is 10.6. The fourth-order valence-corrected chi connectivity index (χ4v) is 7.75. The van der Waals surface area contributed by atoms with Gasteiger partial charge >= 0.3 is 0 Å². The molecule has 4 aromatic rings. The molecule has 2 fully saturated rings. The number of hydrogen-bond donors (Lipinski definition) is 2. The van der Waals surface area contributed by atoms with E-state index >= 15 is 0 Å². The van der Waals surface area contributed by atoms with Crippen LogP contribution in [-0.2, 0) is 32.9 Å². The van der Waals surface area contributed by atoms with Crippen molar-refractivity contribution < 1.29 is 28.0 Å². The van der Waals surface area contributed by atoms with Crippen molar-refractivity contribution >= 4 is 34.5 Å². The molecular formula is C34H37N5O6. The molecular weight excluding hydrogens is 574 g/mol. The van der Waals surface area contributed by atoms with Crippen LogP contribution in [0.3, 0.4) is 0 Å². The number of carbonyl (C=O) groups is 4. The molecule has 3 aliphatic rings. The first-order valence-corrected chi connectivity index (χ1v) is 15.7. The predicted octanol–water partition coefficient (Wildman–Crippen LogP) is 3.67. The summed E-state index contributed by atoms with van der Waals surface area (Å²) in [4.78, 5) is 63.9. The maximum atomic E-state index is 14.7. The van der Waals surface area contributed by atoms with Gasteiger partial charge in [0.15, 0.2) is 5.76 Å². The van der Waals surface area contributed by atoms with Gasteiger partial charge in [0.1, 0.15) is 5.76 Å². The quantitative estimate of drug-likeness (QED) is 0.328. The van der Waals surface area contributed by atoms with Crippen LogP contribution in [0.4, 0.5) is 0 Å². The highest BCUT2D eigenvalue weighted by Gasteiger charge is 2.59.